The number of benzene rings is 1. The topological polar surface area (TPSA) is 30.0 Å². The van der Waals surface area contributed by atoms with Gasteiger partial charge in [0, 0.05) is 10.3 Å². The Bertz CT molecular complexity index is 475. The van der Waals surface area contributed by atoms with Crippen LogP contribution in [0, 0.1) is 0 Å². The minimum Gasteiger partial charge on any atom is -0.299 e. The lowest BCUT2D eigenvalue weighted by molar-refractivity contribution is -0.117. The van der Waals surface area contributed by atoms with Gasteiger partial charge in [-0.2, -0.15) is 4.37 Å². The van der Waals surface area contributed by atoms with Crippen LogP contribution in [0.1, 0.15) is 24.6 Å². The van der Waals surface area contributed by atoms with Gasteiger partial charge in [0.2, 0.25) is 0 Å². The third kappa shape index (κ3) is 1.44. The molecule has 0 radical (unpaired) electrons. The number of hydrogen-bond donors (Lipinski definition) is 0. The molecule has 1 aromatic heterocycles. The minimum atomic E-state index is -0.0348. The molecule has 72 valence electrons. The molecule has 1 aromatic carbocycles. The fourth-order valence-corrected chi connectivity index (χ4v) is 2.36. The van der Waals surface area contributed by atoms with Gasteiger partial charge in [-0.15, -0.1) is 0 Å². The number of hydrogen-bond acceptors (Lipinski definition) is 3. The maximum Gasteiger partial charge on any atom is 0.137 e. The predicted octanol–water partition coefficient (Wildman–Crippen LogP) is 2.99. The largest absolute Gasteiger partial charge is 0.299 e. The van der Waals surface area contributed by atoms with Crippen molar-refractivity contribution in [3.8, 4) is 0 Å². The standard InChI is InChI=1S/C11H11NOS/c1-7(8(2)13)11-9-5-3-4-6-10(9)12-14-11/h3-7H,1-2H3. The van der Waals surface area contributed by atoms with Crippen LogP contribution in [0.4, 0.5) is 0 Å². The molecule has 0 aliphatic carbocycles. The highest BCUT2D eigenvalue weighted by Crippen LogP contribution is 2.29. The van der Waals surface area contributed by atoms with Gasteiger partial charge < -0.3 is 0 Å². The van der Waals surface area contributed by atoms with Crippen molar-refractivity contribution in [1.82, 2.24) is 4.37 Å². The first-order chi connectivity index (χ1) is 6.70. The smallest absolute Gasteiger partial charge is 0.137 e. The lowest BCUT2D eigenvalue weighted by Gasteiger charge is -2.03. The van der Waals surface area contributed by atoms with E-state index < -0.39 is 0 Å². The molecule has 1 heterocycles. The summed E-state index contributed by atoms with van der Waals surface area (Å²) in [5.41, 5.74) is 0.987. The molecule has 0 amide bonds. The third-order valence-corrected chi connectivity index (χ3v) is 3.47. The molecule has 2 rings (SSSR count). The molecule has 0 aliphatic rings. The zero-order valence-electron chi connectivity index (χ0n) is 8.15. The van der Waals surface area contributed by atoms with E-state index in [1.807, 2.05) is 31.2 Å². The van der Waals surface area contributed by atoms with Gasteiger partial charge in [0.15, 0.2) is 0 Å². The van der Waals surface area contributed by atoms with Crippen molar-refractivity contribution in [3.63, 3.8) is 0 Å². The van der Waals surface area contributed by atoms with Gasteiger partial charge in [-0.05, 0) is 24.5 Å². The lowest BCUT2D eigenvalue weighted by atomic mass is 10.0. The highest BCUT2D eigenvalue weighted by atomic mass is 32.1. The third-order valence-electron chi connectivity index (χ3n) is 2.41. The Morgan fingerprint density at radius 1 is 1.43 bits per heavy atom. The summed E-state index contributed by atoms with van der Waals surface area (Å²) in [6.07, 6.45) is 0. The molecule has 0 spiro atoms. The number of Topliss-reactive ketones (excluding diaryl/α,β-unsaturated/α-hetero) is 1. The number of fused-ring (bicyclic) bond motifs is 1. The molecule has 2 aromatic rings. The number of rotatable bonds is 2. The Balaban J connectivity index is 2.58. The van der Waals surface area contributed by atoms with Crippen molar-refractivity contribution in [3.05, 3.63) is 29.1 Å². The Hall–Kier alpha value is -1.22. The Morgan fingerprint density at radius 3 is 2.86 bits per heavy atom. The van der Waals surface area contributed by atoms with E-state index in [-0.39, 0.29) is 11.7 Å². The van der Waals surface area contributed by atoms with Gasteiger partial charge in [0.25, 0.3) is 0 Å². The molecule has 0 N–H and O–H groups in total. The summed E-state index contributed by atoms with van der Waals surface area (Å²) < 4.78 is 4.31. The average molecular weight is 205 g/mol. The predicted molar refractivity (Wildman–Crippen MR) is 58.7 cm³/mol. The highest BCUT2D eigenvalue weighted by Gasteiger charge is 2.16. The van der Waals surface area contributed by atoms with E-state index in [9.17, 15) is 4.79 Å². The maximum absolute atomic E-state index is 11.3. The SMILES string of the molecule is CC(=O)C(C)c1snc2ccccc12. The van der Waals surface area contributed by atoms with Gasteiger partial charge in [0.1, 0.15) is 5.78 Å². The molecule has 2 nitrogen and oxygen atoms in total. The summed E-state index contributed by atoms with van der Waals surface area (Å²) in [7, 11) is 0. The average Bonchev–Trinajstić information content (AvgIpc) is 2.60. The molecule has 1 unspecified atom stereocenters. The van der Waals surface area contributed by atoms with Crippen molar-refractivity contribution < 1.29 is 4.79 Å². The molecule has 0 bridgehead atoms. The number of carbonyl (C=O) groups is 1. The second-order valence-corrected chi connectivity index (χ2v) is 4.20. The Kier molecular flexibility index (Phi) is 2.33. The summed E-state index contributed by atoms with van der Waals surface area (Å²) in [5, 5.41) is 1.11. The number of ketones is 1. The normalized spacial score (nSPS) is 13.0. The minimum absolute atomic E-state index is 0.0348. The van der Waals surface area contributed by atoms with E-state index >= 15 is 0 Å². The fourth-order valence-electron chi connectivity index (χ4n) is 1.41. The summed E-state index contributed by atoms with van der Waals surface area (Å²) in [5.74, 6) is 0.159. The van der Waals surface area contributed by atoms with Crippen LogP contribution in [0.5, 0.6) is 0 Å². The van der Waals surface area contributed by atoms with Crippen LogP contribution >= 0.6 is 11.5 Å². The second kappa shape index (κ2) is 3.50. The van der Waals surface area contributed by atoms with E-state index in [0.717, 1.165) is 15.8 Å². The summed E-state index contributed by atoms with van der Waals surface area (Å²) in [6, 6.07) is 7.94. The lowest BCUT2D eigenvalue weighted by Crippen LogP contribution is -2.02. The molecule has 0 saturated carbocycles. The molecular weight excluding hydrogens is 194 g/mol. The van der Waals surface area contributed by atoms with E-state index in [0.29, 0.717) is 0 Å². The fraction of sp³-hybridized carbons (Fsp3) is 0.273. The van der Waals surface area contributed by atoms with E-state index in [1.165, 1.54) is 11.5 Å². The molecule has 0 saturated heterocycles. The van der Waals surface area contributed by atoms with Crippen molar-refractivity contribution in [2.75, 3.05) is 0 Å². The van der Waals surface area contributed by atoms with Crippen LogP contribution in [-0.4, -0.2) is 10.2 Å². The van der Waals surface area contributed by atoms with Crippen LogP contribution in [0.3, 0.4) is 0 Å². The summed E-state index contributed by atoms with van der Waals surface area (Å²) in [4.78, 5) is 12.3. The zero-order valence-corrected chi connectivity index (χ0v) is 8.97. The van der Waals surface area contributed by atoms with Gasteiger partial charge in [-0.3, -0.25) is 4.79 Å². The molecule has 14 heavy (non-hydrogen) atoms. The maximum atomic E-state index is 11.3. The van der Waals surface area contributed by atoms with Crippen LogP contribution in [0.15, 0.2) is 24.3 Å². The first-order valence-corrected chi connectivity index (χ1v) is 5.32. The van der Waals surface area contributed by atoms with Crippen LogP contribution in [0.2, 0.25) is 0 Å². The van der Waals surface area contributed by atoms with Crippen LogP contribution in [0.25, 0.3) is 10.9 Å². The summed E-state index contributed by atoms with van der Waals surface area (Å²) >= 11 is 1.43. The van der Waals surface area contributed by atoms with Gasteiger partial charge in [-0.1, -0.05) is 25.1 Å². The Morgan fingerprint density at radius 2 is 2.14 bits per heavy atom. The molecule has 0 aliphatic heterocycles. The zero-order chi connectivity index (χ0) is 10.1. The monoisotopic (exact) mass is 205 g/mol. The van der Waals surface area contributed by atoms with E-state index in [1.54, 1.807) is 6.92 Å². The van der Waals surface area contributed by atoms with Crippen molar-refractivity contribution in [1.29, 1.82) is 0 Å². The Labute approximate surface area is 86.7 Å². The van der Waals surface area contributed by atoms with E-state index in [2.05, 4.69) is 4.37 Å². The molecule has 1 atom stereocenters. The molecular formula is C11H11NOS. The molecule has 0 fully saturated rings. The van der Waals surface area contributed by atoms with Crippen LogP contribution in [-0.2, 0) is 4.79 Å². The molecule has 3 heteroatoms. The first-order valence-electron chi connectivity index (χ1n) is 4.55. The number of aromatic nitrogens is 1. The number of carbonyl (C=O) groups excluding carboxylic acids is 1. The summed E-state index contributed by atoms with van der Waals surface area (Å²) in [6.45, 7) is 3.56. The van der Waals surface area contributed by atoms with Gasteiger partial charge >= 0.3 is 0 Å². The van der Waals surface area contributed by atoms with Gasteiger partial charge in [0.05, 0.1) is 11.4 Å². The van der Waals surface area contributed by atoms with Crippen molar-refractivity contribution >= 4 is 28.2 Å². The van der Waals surface area contributed by atoms with Crippen LogP contribution < -0.4 is 0 Å². The van der Waals surface area contributed by atoms with Gasteiger partial charge in [-0.25, -0.2) is 0 Å². The highest BCUT2D eigenvalue weighted by molar-refractivity contribution is 7.07. The van der Waals surface area contributed by atoms with E-state index in [4.69, 9.17) is 0 Å². The second-order valence-electron chi connectivity index (χ2n) is 3.40. The quantitative estimate of drug-likeness (QED) is 0.754. The van der Waals surface area contributed by atoms with Crippen molar-refractivity contribution in [2.24, 2.45) is 0 Å². The first kappa shape index (κ1) is 9.34. The number of nitrogens with zero attached hydrogens (tertiary/aromatic N) is 1. The van der Waals surface area contributed by atoms with Crippen molar-refractivity contribution in [2.45, 2.75) is 19.8 Å².